The van der Waals surface area contributed by atoms with E-state index in [0.29, 0.717) is 24.7 Å². The van der Waals surface area contributed by atoms with Crippen LogP contribution in [-0.2, 0) is 11.4 Å². The Bertz CT molecular complexity index is 1100. The molecule has 5 heteroatoms. The summed E-state index contributed by atoms with van der Waals surface area (Å²) in [4.78, 5) is 10.9. The number of carboxylic acids is 1. The Hall–Kier alpha value is -3.47. The summed E-state index contributed by atoms with van der Waals surface area (Å²) in [6.07, 6.45) is -0.0415. The molecular weight excluding hydrogens is 392 g/mol. The van der Waals surface area contributed by atoms with Crippen molar-refractivity contribution in [2.75, 3.05) is 13.7 Å². The molecule has 0 amide bonds. The van der Waals surface area contributed by atoms with E-state index >= 15 is 0 Å². The molecule has 1 atom stereocenters. The molecule has 0 bridgehead atoms. The summed E-state index contributed by atoms with van der Waals surface area (Å²) in [6.45, 7) is 4.94. The van der Waals surface area contributed by atoms with Gasteiger partial charge in [0, 0.05) is 29.1 Å². The van der Waals surface area contributed by atoms with Crippen molar-refractivity contribution in [1.29, 1.82) is 0 Å². The van der Waals surface area contributed by atoms with Crippen LogP contribution in [0.1, 0.15) is 34.6 Å². The minimum atomic E-state index is -1.07. The molecule has 0 spiro atoms. The summed E-state index contributed by atoms with van der Waals surface area (Å²) in [6, 6.07) is 17.9. The highest BCUT2D eigenvalue weighted by molar-refractivity contribution is 5.76. The number of ether oxygens (including phenoxy) is 3. The van der Waals surface area contributed by atoms with Crippen LogP contribution in [-0.4, -0.2) is 19.7 Å². The minimum absolute atomic E-state index is 0.0415. The van der Waals surface area contributed by atoms with Gasteiger partial charge in [0.15, 0.2) is 0 Å². The van der Waals surface area contributed by atoms with Crippen molar-refractivity contribution in [3.05, 3.63) is 76.9 Å². The normalized spacial score (nSPS) is 14.6. The molecule has 1 aliphatic heterocycles. The molecule has 0 aromatic heterocycles. The van der Waals surface area contributed by atoms with E-state index in [2.05, 4.69) is 38.1 Å². The first-order chi connectivity index (χ1) is 15.0. The molecule has 1 heterocycles. The molecule has 0 saturated heterocycles. The average Bonchev–Trinajstić information content (AvgIpc) is 3.13. The molecule has 1 unspecified atom stereocenters. The summed E-state index contributed by atoms with van der Waals surface area (Å²) < 4.78 is 17.3. The summed E-state index contributed by atoms with van der Waals surface area (Å²) in [5, 5.41) is 10.9. The molecule has 31 heavy (non-hydrogen) atoms. The summed E-state index contributed by atoms with van der Waals surface area (Å²) in [7, 11) is 1.68. The SMILES string of the molecule is COc1ccc(COc2ccc3c(c2)OCC3CC(=O)[O-])cc1-c1c(C)cccc1C. The number of rotatable bonds is 7. The van der Waals surface area contributed by atoms with Gasteiger partial charge in [0.05, 0.1) is 13.7 Å². The van der Waals surface area contributed by atoms with Crippen LogP contribution >= 0.6 is 0 Å². The first kappa shape index (κ1) is 20.8. The molecule has 160 valence electrons. The zero-order valence-corrected chi connectivity index (χ0v) is 17.9. The molecular formula is C26H25O5-. The zero-order chi connectivity index (χ0) is 22.0. The third-order valence-electron chi connectivity index (χ3n) is 5.70. The van der Waals surface area contributed by atoms with E-state index in [1.54, 1.807) is 7.11 Å². The van der Waals surface area contributed by atoms with Gasteiger partial charge < -0.3 is 24.1 Å². The van der Waals surface area contributed by atoms with Crippen LogP contribution < -0.4 is 19.3 Å². The van der Waals surface area contributed by atoms with Crippen LogP contribution in [0, 0.1) is 13.8 Å². The second-order valence-electron chi connectivity index (χ2n) is 7.87. The summed E-state index contributed by atoms with van der Waals surface area (Å²) in [5.41, 5.74) is 6.51. The first-order valence-corrected chi connectivity index (χ1v) is 10.3. The number of aliphatic carboxylic acids is 1. The van der Waals surface area contributed by atoms with Crippen molar-refractivity contribution in [2.24, 2.45) is 0 Å². The highest BCUT2D eigenvalue weighted by atomic mass is 16.5. The van der Waals surface area contributed by atoms with Crippen LogP contribution in [0.15, 0.2) is 54.6 Å². The second kappa shape index (κ2) is 8.72. The van der Waals surface area contributed by atoms with Crippen molar-refractivity contribution in [1.82, 2.24) is 0 Å². The predicted octanol–water partition coefficient (Wildman–Crippen LogP) is 4.17. The third-order valence-corrected chi connectivity index (χ3v) is 5.70. The van der Waals surface area contributed by atoms with Crippen LogP contribution in [0.4, 0.5) is 0 Å². The van der Waals surface area contributed by atoms with Crippen LogP contribution in [0.5, 0.6) is 17.2 Å². The highest BCUT2D eigenvalue weighted by Crippen LogP contribution is 2.39. The number of carbonyl (C=O) groups is 1. The quantitative estimate of drug-likeness (QED) is 0.577. The molecule has 3 aromatic rings. The van der Waals surface area contributed by atoms with E-state index in [0.717, 1.165) is 22.4 Å². The average molecular weight is 417 g/mol. The van der Waals surface area contributed by atoms with Crippen molar-refractivity contribution in [3.8, 4) is 28.4 Å². The molecule has 0 radical (unpaired) electrons. The molecule has 1 aliphatic rings. The highest BCUT2D eigenvalue weighted by Gasteiger charge is 2.24. The fourth-order valence-electron chi connectivity index (χ4n) is 4.16. The van der Waals surface area contributed by atoms with Crippen molar-refractivity contribution in [2.45, 2.75) is 32.8 Å². The number of aryl methyl sites for hydroxylation is 2. The molecule has 0 saturated carbocycles. The largest absolute Gasteiger partial charge is 0.550 e. The standard InChI is InChI=1S/C26H26O5/c1-16-5-4-6-17(2)26(16)22-11-18(7-10-23(22)29-3)14-30-20-8-9-21-19(12-25(27)28)15-31-24(21)13-20/h4-11,13,19H,12,14-15H2,1-3H3,(H,27,28)/p-1. The molecule has 0 aliphatic carbocycles. The van der Waals surface area contributed by atoms with Crippen molar-refractivity contribution < 1.29 is 24.1 Å². The fraction of sp³-hybridized carbons (Fsp3) is 0.269. The maximum atomic E-state index is 10.9. The van der Waals surface area contributed by atoms with E-state index in [1.807, 2.05) is 30.3 Å². The molecule has 3 aromatic carbocycles. The Kier molecular flexibility index (Phi) is 5.85. The maximum Gasteiger partial charge on any atom is 0.126 e. The Labute approximate surface area is 182 Å². The van der Waals surface area contributed by atoms with Gasteiger partial charge in [-0.3, -0.25) is 0 Å². The van der Waals surface area contributed by atoms with E-state index < -0.39 is 5.97 Å². The lowest BCUT2D eigenvalue weighted by atomic mass is 9.94. The number of fused-ring (bicyclic) bond motifs is 1. The van der Waals surface area contributed by atoms with Gasteiger partial charge in [-0.1, -0.05) is 30.3 Å². The molecule has 4 rings (SSSR count). The van der Waals surface area contributed by atoms with Gasteiger partial charge >= 0.3 is 0 Å². The monoisotopic (exact) mass is 417 g/mol. The number of hydrogen-bond donors (Lipinski definition) is 0. The van der Waals surface area contributed by atoms with Crippen LogP contribution in [0.25, 0.3) is 11.1 Å². The number of benzene rings is 3. The Morgan fingerprint density at radius 3 is 2.58 bits per heavy atom. The lowest BCUT2D eigenvalue weighted by Gasteiger charge is -2.16. The van der Waals surface area contributed by atoms with Gasteiger partial charge in [-0.25, -0.2) is 0 Å². The van der Waals surface area contributed by atoms with Crippen molar-refractivity contribution in [3.63, 3.8) is 0 Å². The van der Waals surface area contributed by atoms with Gasteiger partial charge in [-0.15, -0.1) is 0 Å². The Morgan fingerprint density at radius 1 is 1.10 bits per heavy atom. The van der Waals surface area contributed by atoms with Crippen LogP contribution in [0.2, 0.25) is 0 Å². The minimum Gasteiger partial charge on any atom is -0.550 e. The zero-order valence-electron chi connectivity index (χ0n) is 17.9. The number of hydrogen-bond acceptors (Lipinski definition) is 5. The van der Waals surface area contributed by atoms with Gasteiger partial charge in [-0.05, 0) is 60.7 Å². The lowest BCUT2D eigenvalue weighted by Crippen LogP contribution is -2.24. The number of methoxy groups -OCH3 is 1. The predicted molar refractivity (Wildman–Crippen MR) is 117 cm³/mol. The number of carboxylic acid groups (broad SMARTS) is 1. The second-order valence-corrected chi connectivity index (χ2v) is 7.87. The van der Waals surface area contributed by atoms with E-state index in [1.165, 1.54) is 16.7 Å². The Morgan fingerprint density at radius 2 is 1.87 bits per heavy atom. The summed E-state index contributed by atoms with van der Waals surface area (Å²) >= 11 is 0. The fourth-order valence-corrected chi connectivity index (χ4v) is 4.16. The molecule has 0 fully saturated rings. The van der Waals surface area contributed by atoms with E-state index in [4.69, 9.17) is 14.2 Å². The van der Waals surface area contributed by atoms with Gasteiger partial charge in [-0.2, -0.15) is 0 Å². The van der Waals surface area contributed by atoms with E-state index in [9.17, 15) is 9.90 Å². The van der Waals surface area contributed by atoms with Gasteiger partial charge in [0.2, 0.25) is 0 Å². The first-order valence-electron chi connectivity index (χ1n) is 10.3. The summed E-state index contributed by atoms with van der Waals surface area (Å²) in [5.74, 6) is 0.939. The van der Waals surface area contributed by atoms with E-state index in [-0.39, 0.29) is 12.3 Å². The van der Waals surface area contributed by atoms with Crippen LogP contribution in [0.3, 0.4) is 0 Å². The topological polar surface area (TPSA) is 67.8 Å². The third kappa shape index (κ3) is 4.36. The maximum absolute atomic E-state index is 10.9. The molecule has 0 N–H and O–H groups in total. The smallest absolute Gasteiger partial charge is 0.126 e. The van der Waals surface area contributed by atoms with Gasteiger partial charge in [0.1, 0.15) is 23.9 Å². The number of carbonyl (C=O) groups excluding carboxylic acids is 1. The van der Waals surface area contributed by atoms with Gasteiger partial charge in [0.25, 0.3) is 0 Å². The Balaban J connectivity index is 1.54. The lowest BCUT2D eigenvalue weighted by molar-refractivity contribution is -0.306. The molecule has 5 nitrogen and oxygen atoms in total. The van der Waals surface area contributed by atoms with Crippen molar-refractivity contribution >= 4 is 5.97 Å².